The fraction of sp³-hybridized carbons (Fsp3) is 0.480. The van der Waals surface area contributed by atoms with Gasteiger partial charge in [0, 0.05) is 6.42 Å². The summed E-state index contributed by atoms with van der Waals surface area (Å²) in [4.78, 5) is 11.6. The van der Waals surface area contributed by atoms with Crippen molar-refractivity contribution in [3.8, 4) is 0 Å². The Hall–Kier alpha value is -1.94. The summed E-state index contributed by atoms with van der Waals surface area (Å²) >= 11 is 0. The van der Waals surface area contributed by atoms with Gasteiger partial charge in [-0.15, -0.1) is 0 Å². The molecule has 0 N–H and O–H groups in total. The Labute approximate surface area is 188 Å². The van der Waals surface area contributed by atoms with Crippen molar-refractivity contribution >= 4 is 14.2 Å². The molecule has 0 aromatic carbocycles. The molecule has 0 aliphatic carbocycles. The smallest absolute Gasteiger partial charge is 0.319 e. The molecule has 172 valence electrons. The van der Waals surface area contributed by atoms with Crippen molar-refractivity contribution in [1.82, 2.24) is 0 Å². The molecule has 31 heavy (non-hydrogen) atoms. The molecule has 1 aliphatic rings. The normalized spacial score (nSPS) is 20.0. The van der Waals surface area contributed by atoms with Crippen molar-refractivity contribution in [2.45, 2.75) is 64.4 Å². The number of rotatable bonds is 16. The molecule has 0 aromatic heterocycles. The molecule has 1 saturated heterocycles. The molecule has 0 bridgehead atoms. The van der Waals surface area contributed by atoms with E-state index in [9.17, 15) is 9.36 Å². The summed E-state index contributed by atoms with van der Waals surface area (Å²) in [5.74, 6) is -0.283. The number of allylic oxidation sites excluding steroid dienone is 12. The first-order chi connectivity index (χ1) is 15.2. The second kappa shape index (κ2) is 20.0. The molecule has 1 fully saturated rings. The molecule has 1 rings (SSSR count). The summed E-state index contributed by atoms with van der Waals surface area (Å²) < 4.78 is 25.8. The van der Waals surface area contributed by atoms with Gasteiger partial charge in [0.2, 0.25) is 0 Å². The van der Waals surface area contributed by atoms with E-state index in [1.165, 1.54) is 0 Å². The Bertz CT molecular complexity index is 673. The molecule has 5 nitrogen and oxygen atoms in total. The van der Waals surface area contributed by atoms with Crippen LogP contribution in [-0.2, 0) is 23.1 Å². The van der Waals surface area contributed by atoms with E-state index < -0.39 is 14.4 Å². The monoisotopic (exact) mass is 448 g/mol. The van der Waals surface area contributed by atoms with E-state index in [1.54, 1.807) is 0 Å². The summed E-state index contributed by atoms with van der Waals surface area (Å²) in [5, 5.41) is 0. The molecule has 2 atom stereocenters. The number of esters is 1. The van der Waals surface area contributed by atoms with E-state index in [0.29, 0.717) is 12.8 Å². The van der Waals surface area contributed by atoms with Crippen LogP contribution in [0.15, 0.2) is 72.9 Å². The van der Waals surface area contributed by atoms with Gasteiger partial charge in [0.15, 0.2) is 0 Å². The first-order valence-corrected chi connectivity index (χ1v) is 12.3. The van der Waals surface area contributed by atoms with Crippen LogP contribution in [0.1, 0.15) is 58.3 Å². The molecular formula is C25H37O5P. The highest BCUT2D eigenvalue weighted by atomic mass is 31.1. The lowest BCUT2D eigenvalue weighted by atomic mass is 10.2. The van der Waals surface area contributed by atoms with Crippen molar-refractivity contribution in [3.05, 3.63) is 72.9 Å². The van der Waals surface area contributed by atoms with Gasteiger partial charge in [-0.3, -0.25) is 9.36 Å². The van der Waals surface area contributed by atoms with Crippen molar-refractivity contribution in [2.24, 2.45) is 0 Å². The van der Waals surface area contributed by atoms with Gasteiger partial charge in [-0.05, 0) is 44.9 Å². The minimum atomic E-state index is -2.37. The lowest BCUT2D eigenvalue weighted by molar-refractivity contribution is -0.145. The van der Waals surface area contributed by atoms with Crippen molar-refractivity contribution < 1.29 is 23.1 Å². The van der Waals surface area contributed by atoms with Crippen molar-refractivity contribution in [3.63, 3.8) is 0 Å². The second-order valence-electron chi connectivity index (χ2n) is 6.94. The minimum absolute atomic E-state index is 0.0962. The quantitative estimate of drug-likeness (QED) is 0.147. The predicted molar refractivity (Wildman–Crippen MR) is 128 cm³/mol. The molecular weight excluding hydrogens is 411 g/mol. The Morgan fingerprint density at radius 3 is 1.77 bits per heavy atom. The Morgan fingerprint density at radius 1 is 0.839 bits per heavy atom. The Kier molecular flexibility index (Phi) is 17.5. The van der Waals surface area contributed by atoms with Crippen LogP contribution < -0.4 is 0 Å². The zero-order valence-electron chi connectivity index (χ0n) is 18.6. The van der Waals surface area contributed by atoms with Gasteiger partial charge < -0.3 is 13.8 Å². The molecule has 0 spiro atoms. The molecule has 6 heteroatoms. The van der Waals surface area contributed by atoms with Gasteiger partial charge in [-0.2, -0.15) is 0 Å². The summed E-state index contributed by atoms with van der Waals surface area (Å²) in [6, 6.07) is 0. The molecule has 0 saturated carbocycles. The van der Waals surface area contributed by atoms with Crippen LogP contribution in [0.3, 0.4) is 0 Å². The van der Waals surface area contributed by atoms with Gasteiger partial charge in [0.1, 0.15) is 12.7 Å². The summed E-state index contributed by atoms with van der Waals surface area (Å²) in [6.07, 6.45) is 32.2. The van der Waals surface area contributed by atoms with Crippen LogP contribution in [0.5, 0.6) is 0 Å². The van der Waals surface area contributed by atoms with E-state index in [4.69, 9.17) is 13.8 Å². The fourth-order valence-corrected chi connectivity index (χ4v) is 3.34. The topological polar surface area (TPSA) is 61.8 Å². The van der Waals surface area contributed by atoms with E-state index in [-0.39, 0.29) is 19.2 Å². The molecule has 1 aliphatic heterocycles. The van der Waals surface area contributed by atoms with Crippen molar-refractivity contribution in [2.75, 3.05) is 13.2 Å². The van der Waals surface area contributed by atoms with Gasteiger partial charge in [0.05, 0.1) is 6.61 Å². The number of hydrogen-bond acceptors (Lipinski definition) is 5. The highest BCUT2D eigenvalue weighted by molar-refractivity contribution is 7.33. The number of carbonyl (C=O) groups excluding carboxylic acids is 1. The maximum Gasteiger partial charge on any atom is 0.319 e. The van der Waals surface area contributed by atoms with Crippen molar-refractivity contribution in [1.29, 1.82) is 0 Å². The number of ether oxygens (including phenoxy) is 1. The highest BCUT2D eigenvalue weighted by Crippen LogP contribution is 2.33. The first-order valence-electron chi connectivity index (χ1n) is 11.1. The zero-order chi connectivity index (χ0) is 22.4. The molecule has 0 amide bonds. The third kappa shape index (κ3) is 17.4. The lowest BCUT2D eigenvalue weighted by Gasteiger charge is -2.07. The highest BCUT2D eigenvalue weighted by Gasteiger charge is 2.23. The van der Waals surface area contributed by atoms with Gasteiger partial charge >= 0.3 is 14.2 Å². The van der Waals surface area contributed by atoms with Crippen LogP contribution in [0.25, 0.3) is 0 Å². The molecule has 2 unspecified atom stereocenters. The van der Waals surface area contributed by atoms with Gasteiger partial charge in [-0.1, -0.05) is 79.8 Å². The summed E-state index contributed by atoms with van der Waals surface area (Å²) in [6.45, 7) is 2.46. The van der Waals surface area contributed by atoms with Crippen LogP contribution in [0.4, 0.5) is 0 Å². The average molecular weight is 449 g/mol. The molecule has 1 heterocycles. The second-order valence-corrected chi connectivity index (χ2v) is 7.96. The number of carbonyl (C=O) groups is 1. The Balaban J connectivity index is 1.94. The standard InChI is InChI=1S/C25H37O5P/c1-2-3-4-5-6-7-8-9-10-11-12-13-14-15-16-17-18-19-20-21-25(26)28-22-24-23-29-31(27)30-24/h3-4,6-7,9-10,12-13,15-16,18-19,24,31H,2,5,8,11,14,17,20-23H2,1H3/b4-3-,7-6-,10-9-,13-12-,16-15-,19-18-. The molecule has 0 radical (unpaired) electrons. The minimum Gasteiger partial charge on any atom is -0.463 e. The number of hydrogen-bond donors (Lipinski definition) is 0. The average Bonchev–Trinajstić information content (AvgIpc) is 3.19. The summed E-state index contributed by atoms with van der Waals surface area (Å²) in [7, 11) is -2.37. The van der Waals surface area contributed by atoms with Gasteiger partial charge in [-0.25, -0.2) is 0 Å². The third-order valence-electron chi connectivity index (χ3n) is 4.19. The van der Waals surface area contributed by atoms with Crippen LogP contribution in [0.2, 0.25) is 0 Å². The molecule has 0 aromatic rings. The summed E-state index contributed by atoms with van der Waals surface area (Å²) in [5.41, 5.74) is 0. The Morgan fingerprint density at radius 2 is 1.32 bits per heavy atom. The van der Waals surface area contributed by atoms with Crippen LogP contribution in [-0.4, -0.2) is 25.3 Å². The maximum atomic E-state index is 11.6. The lowest BCUT2D eigenvalue weighted by Crippen LogP contribution is -2.19. The first kappa shape index (κ1) is 27.1. The maximum absolute atomic E-state index is 11.6. The van der Waals surface area contributed by atoms with E-state index in [0.717, 1.165) is 38.5 Å². The van der Waals surface area contributed by atoms with E-state index >= 15 is 0 Å². The fourth-order valence-electron chi connectivity index (χ4n) is 2.55. The van der Waals surface area contributed by atoms with E-state index in [2.05, 4.69) is 67.7 Å². The van der Waals surface area contributed by atoms with E-state index in [1.807, 2.05) is 12.2 Å². The largest absolute Gasteiger partial charge is 0.463 e. The van der Waals surface area contributed by atoms with Crippen LogP contribution in [0, 0.1) is 0 Å². The van der Waals surface area contributed by atoms with Crippen LogP contribution >= 0.6 is 8.25 Å². The SMILES string of the molecule is CC/C=C\C/C=C\C/C=C\C/C=C\C/C=C\C/C=C\CCC(=O)OCC1CO[PH](=O)O1. The predicted octanol–water partition coefficient (Wildman–Crippen LogP) is 6.81. The van der Waals surface area contributed by atoms with Gasteiger partial charge in [0.25, 0.3) is 0 Å². The third-order valence-corrected chi connectivity index (χ3v) is 5.12. The zero-order valence-corrected chi connectivity index (χ0v) is 19.6.